The van der Waals surface area contributed by atoms with Crippen LogP contribution in [-0.4, -0.2) is 25.8 Å². The average molecular weight is 398 g/mol. The van der Waals surface area contributed by atoms with E-state index in [1.54, 1.807) is 6.08 Å². The standard InChI is InChI=1S/C21H23N3O3S/c1-6-18-22-23-21(27-18)28-17(20(25)26)11-16-10-14(4)24(15(16)5)19-12(2)8-7-9-13(19)3/h7-11H,6H2,1-5H3,(H,25,26)/b17-11-. The topological polar surface area (TPSA) is 81.2 Å². The molecule has 2 heterocycles. The van der Waals surface area contributed by atoms with Crippen molar-refractivity contribution in [1.29, 1.82) is 0 Å². The van der Waals surface area contributed by atoms with Crippen LogP contribution in [0, 0.1) is 27.7 Å². The highest BCUT2D eigenvalue weighted by molar-refractivity contribution is 8.03. The number of carboxylic acid groups (broad SMARTS) is 1. The lowest BCUT2D eigenvalue weighted by atomic mass is 10.1. The third-order valence-electron chi connectivity index (χ3n) is 4.58. The second-order valence-corrected chi connectivity index (χ2v) is 7.63. The Morgan fingerprint density at radius 2 is 1.89 bits per heavy atom. The summed E-state index contributed by atoms with van der Waals surface area (Å²) in [5.41, 5.74) is 6.34. The van der Waals surface area contributed by atoms with E-state index in [1.165, 1.54) is 11.1 Å². The van der Waals surface area contributed by atoms with E-state index in [1.807, 2.05) is 32.9 Å². The predicted octanol–water partition coefficient (Wildman–Crippen LogP) is 4.87. The van der Waals surface area contributed by atoms with Gasteiger partial charge in [0, 0.05) is 17.8 Å². The Kier molecular flexibility index (Phi) is 5.74. The molecule has 6 nitrogen and oxygen atoms in total. The molecule has 0 saturated carbocycles. The van der Waals surface area contributed by atoms with Gasteiger partial charge in [0.15, 0.2) is 0 Å². The van der Waals surface area contributed by atoms with Gasteiger partial charge in [-0.25, -0.2) is 4.79 Å². The lowest BCUT2D eigenvalue weighted by molar-refractivity contribution is -0.131. The molecule has 28 heavy (non-hydrogen) atoms. The Balaban J connectivity index is 2.04. The third kappa shape index (κ3) is 3.89. The molecule has 0 radical (unpaired) electrons. The molecule has 2 aromatic heterocycles. The summed E-state index contributed by atoms with van der Waals surface area (Å²) in [4.78, 5) is 11.9. The van der Waals surface area contributed by atoms with E-state index in [-0.39, 0.29) is 10.1 Å². The van der Waals surface area contributed by atoms with Gasteiger partial charge in [0.2, 0.25) is 5.89 Å². The number of aromatic nitrogens is 3. The maximum Gasteiger partial charge on any atom is 0.342 e. The van der Waals surface area contributed by atoms with Gasteiger partial charge in [-0.3, -0.25) is 0 Å². The van der Waals surface area contributed by atoms with Gasteiger partial charge in [0.25, 0.3) is 5.22 Å². The molecule has 146 valence electrons. The van der Waals surface area contributed by atoms with Gasteiger partial charge in [-0.05, 0) is 68.3 Å². The van der Waals surface area contributed by atoms with Crippen LogP contribution in [0.5, 0.6) is 0 Å². The molecule has 0 atom stereocenters. The van der Waals surface area contributed by atoms with Gasteiger partial charge in [-0.15, -0.1) is 10.2 Å². The molecule has 0 spiro atoms. The summed E-state index contributed by atoms with van der Waals surface area (Å²) in [6.45, 7) is 10.1. The predicted molar refractivity (Wildman–Crippen MR) is 110 cm³/mol. The van der Waals surface area contributed by atoms with E-state index >= 15 is 0 Å². The Morgan fingerprint density at radius 3 is 2.46 bits per heavy atom. The van der Waals surface area contributed by atoms with E-state index in [9.17, 15) is 9.90 Å². The first-order valence-corrected chi connectivity index (χ1v) is 9.84. The van der Waals surface area contributed by atoms with Gasteiger partial charge in [0.1, 0.15) is 4.91 Å². The number of carboxylic acids is 1. The van der Waals surface area contributed by atoms with Crippen LogP contribution in [0.2, 0.25) is 0 Å². The van der Waals surface area contributed by atoms with Crippen molar-refractivity contribution >= 4 is 23.8 Å². The fourth-order valence-electron chi connectivity index (χ4n) is 3.23. The molecule has 1 N–H and O–H groups in total. The molecule has 0 aliphatic carbocycles. The van der Waals surface area contributed by atoms with E-state index in [2.05, 4.69) is 40.7 Å². The maximum atomic E-state index is 11.8. The van der Waals surface area contributed by atoms with E-state index in [4.69, 9.17) is 4.42 Å². The SMILES string of the molecule is CCc1nnc(S/C(=C\c2cc(C)n(-c3c(C)cccc3C)c2C)C(=O)O)o1. The van der Waals surface area contributed by atoms with Crippen LogP contribution in [0.15, 0.2) is 38.8 Å². The van der Waals surface area contributed by atoms with Crippen LogP contribution >= 0.6 is 11.8 Å². The minimum absolute atomic E-state index is 0.132. The molecular formula is C21H23N3O3S. The number of aryl methyl sites for hydroxylation is 4. The molecule has 3 rings (SSSR count). The minimum Gasteiger partial charge on any atom is -0.477 e. The molecule has 7 heteroatoms. The molecule has 0 saturated heterocycles. The average Bonchev–Trinajstić information content (AvgIpc) is 3.20. The summed E-state index contributed by atoms with van der Waals surface area (Å²) in [7, 11) is 0. The van der Waals surface area contributed by atoms with Gasteiger partial charge in [0.05, 0.1) is 5.69 Å². The van der Waals surface area contributed by atoms with Crippen molar-refractivity contribution in [3.63, 3.8) is 0 Å². The van der Waals surface area contributed by atoms with Crippen molar-refractivity contribution < 1.29 is 14.3 Å². The fraction of sp³-hybridized carbons (Fsp3) is 0.286. The highest BCUT2D eigenvalue weighted by Gasteiger charge is 2.18. The Morgan fingerprint density at radius 1 is 1.21 bits per heavy atom. The highest BCUT2D eigenvalue weighted by atomic mass is 32.2. The van der Waals surface area contributed by atoms with Crippen LogP contribution in [0.1, 0.15) is 40.9 Å². The molecule has 0 fully saturated rings. The first-order valence-electron chi connectivity index (χ1n) is 9.02. The fourth-order valence-corrected chi connectivity index (χ4v) is 3.91. The summed E-state index contributed by atoms with van der Waals surface area (Å²) >= 11 is 0.966. The quantitative estimate of drug-likeness (QED) is 0.472. The number of rotatable bonds is 6. The van der Waals surface area contributed by atoms with E-state index in [0.29, 0.717) is 12.3 Å². The zero-order valence-corrected chi connectivity index (χ0v) is 17.4. The molecule has 1 aromatic carbocycles. The summed E-state index contributed by atoms with van der Waals surface area (Å²) in [5, 5.41) is 17.7. The first kappa shape index (κ1) is 19.9. The van der Waals surface area contributed by atoms with Crippen molar-refractivity contribution in [2.24, 2.45) is 0 Å². The lowest BCUT2D eigenvalue weighted by Gasteiger charge is -2.15. The van der Waals surface area contributed by atoms with Crippen LogP contribution in [0.4, 0.5) is 0 Å². The molecule has 0 amide bonds. The number of nitrogens with zero attached hydrogens (tertiary/aromatic N) is 3. The number of hydrogen-bond acceptors (Lipinski definition) is 5. The smallest absolute Gasteiger partial charge is 0.342 e. The molecule has 0 bridgehead atoms. The van der Waals surface area contributed by atoms with E-state index < -0.39 is 5.97 Å². The number of para-hydroxylation sites is 1. The summed E-state index contributed by atoms with van der Waals surface area (Å²) in [5.74, 6) is -0.543. The zero-order valence-electron chi connectivity index (χ0n) is 16.6. The lowest BCUT2D eigenvalue weighted by Crippen LogP contribution is -2.04. The summed E-state index contributed by atoms with van der Waals surface area (Å²) in [6.07, 6.45) is 2.27. The van der Waals surface area contributed by atoms with Crippen LogP contribution < -0.4 is 0 Å². The minimum atomic E-state index is -1.03. The molecule has 0 unspecified atom stereocenters. The van der Waals surface area contributed by atoms with Crippen molar-refractivity contribution in [1.82, 2.24) is 14.8 Å². The van der Waals surface area contributed by atoms with Gasteiger partial charge in [-0.2, -0.15) is 0 Å². The Bertz CT molecular complexity index is 1040. The van der Waals surface area contributed by atoms with Crippen LogP contribution in [-0.2, 0) is 11.2 Å². The molecule has 0 aliphatic heterocycles. The summed E-state index contributed by atoms with van der Waals surface area (Å²) in [6, 6.07) is 8.19. The largest absolute Gasteiger partial charge is 0.477 e. The Labute approximate surface area is 168 Å². The number of thioether (sulfide) groups is 1. The number of hydrogen-bond donors (Lipinski definition) is 1. The highest BCUT2D eigenvalue weighted by Crippen LogP contribution is 2.31. The van der Waals surface area contributed by atoms with Gasteiger partial charge >= 0.3 is 5.97 Å². The normalized spacial score (nSPS) is 11.8. The van der Waals surface area contributed by atoms with Gasteiger partial charge in [-0.1, -0.05) is 25.1 Å². The molecule has 3 aromatic rings. The molecule has 0 aliphatic rings. The third-order valence-corrected chi connectivity index (χ3v) is 5.43. The van der Waals surface area contributed by atoms with Crippen LogP contribution in [0.3, 0.4) is 0 Å². The molecular weight excluding hydrogens is 374 g/mol. The first-order chi connectivity index (χ1) is 13.3. The maximum absolute atomic E-state index is 11.8. The summed E-state index contributed by atoms with van der Waals surface area (Å²) < 4.78 is 7.61. The second kappa shape index (κ2) is 8.06. The zero-order chi connectivity index (χ0) is 20.4. The van der Waals surface area contributed by atoms with E-state index in [0.717, 1.165) is 34.4 Å². The number of carbonyl (C=O) groups is 1. The van der Waals surface area contributed by atoms with Crippen molar-refractivity contribution in [3.05, 3.63) is 63.1 Å². The monoisotopic (exact) mass is 397 g/mol. The van der Waals surface area contributed by atoms with Crippen molar-refractivity contribution in [3.8, 4) is 5.69 Å². The van der Waals surface area contributed by atoms with Crippen LogP contribution in [0.25, 0.3) is 11.8 Å². The number of aliphatic carboxylic acids is 1. The number of benzene rings is 1. The van der Waals surface area contributed by atoms with Gasteiger partial charge < -0.3 is 14.1 Å². The van der Waals surface area contributed by atoms with Crippen molar-refractivity contribution in [2.45, 2.75) is 46.3 Å². The Hall–Kier alpha value is -2.80. The van der Waals surface area contributed by atoms with Crippen molar-refractivity contribution in [2.75, 3.05) is 0 Å². The second-order valence-electron chi connectivity index (χ2n) is 6.63.